The summed E-state index contributed by atoms with van der Waals surface area (Å²) < 4.78 is 58.0. The van der Waals surface area contributed by atoms with Gasteiger partial charge in [-0.15, -0.1) is 11.8 Å². The first kappa shape index (κ1) is 43.8. The van der Waals surface area contributed by atoms with E-state index in [0.717, 1.165) is 5.56 Å². The molecule has 5 aromatic carbocycles. The first-order valence-electron chi connectivity index (χ1n) is 20.7. The van der Waals surface area contributed by atoms with Crippen molar-refractivity contribution in [1.29, 1.82) is 0 Å². The molecular formula is C49H46O13S. The zero-order chi connectivity index (χ0) is 43.7. The summed E-state index contributed by atoms with van der Waals surface area (Å²) in [5.74, 6) is -2.38. The minimum Gasteiger partial charge on any atom is -0.452 e. The minimum absolute atomic E-state index is 0.0907. The molecule has 3 heterocycles. The smallest absolute Gasteiger partial charge is 0.338 e. The van der Waals surface area contributed by atoms with Crippen molar-refractivity contribution in [3.05, 3.63) is 179 Å². The summed E-state index contributed by atoms with van der Waals surface area (Å²) in [4.78, 5) is 55.8. The van der Waals surface area contributed by atoms with E-state index < -0.39 is 90.7 Å². The highest BCUT2D eigenvalue weighted by Crippen LogP contribution is 2.42. The molecule has 5 aromatic rings. The van der Waals surface area contributed by atoms with Gasteiger partial charge in [0.05, 0.1) is 35.0 Å². The molecule has 3 aliphatic rings. The fourth-order valence-corrected chi connectivity index (χ4v) is 8.58. The van der Waals surface area contributed by atoms with Crippen LogP contribution in [0.4, 0.5) is 0 Å². The molecular weight excluding hydrogens is 829 g/mol. The molecule has 14 heteroatoms. The number of benzene rings is 5. The van der Waals surface area contributed by atoms with Crippen LogP contribution in [0.25, 0.3) is 0 Å². The average molecular weight is 875 g/mol. The Bertz CT molecular complexity index is 2290. The van der Waals surface area contributed by atoms with Crippen LogP contribution in [-0.4, -0.2) is 96.8 Å². The Morgan fingerprint density at radius 1 is 0.524 bits per heavy atom. The van der Waals surface area contributed by atoms with E-state index >= 15 is 0 Å². The van der Waals surface area contributed by atoms with Gasteiger partial charge in [-0.1, -0.05) is 110 Å². The molecule has 0 bridgehead atoms. The van der Waals surface area contributed by atoms with Crippen molar-refractivity contribution in [2.75, 3.05) is 12.4 Å². The third-order valence-electron chi connectivity index (χ3n) is 10.7. The number of hydrogen-bond acceptors (Lipinski definition) is 14. The van der Waals surface area contributed by atoms with E-state index in [1.165, 1.54) is 11.8 Å². The number of esters is 4. The molecule has 0 unspecified atom stereocenters. The van der Waals surface area contributed by atoms with Crippen molar-refractivity contribution in [3.63, 3.8) is 0 Å². The molecule has 0 spiro atoms. The van der Waals surface area contributed by atoms with Crippen LogP contribution in [-0.2, 0) is 42.6 Å². The zero-order valence-corrected chi connectivity index (χ0v) is 35.2. The molecule has 0 saturated carbocycles. The normalized spacial score (nSPS) is 27.8. The molecule has 11 atom stereocenters. The van der Waals surface area contributed by atoms with E-state index in [1.807, 2.05) is 37.3 Å². The predicted octanol–water partition coefficient (Wildman–Crippen LogP) is 7.61. The van der Waals surface area contributed by atoms with Gasteiger partial charge in [0.1, 0.15) is 23.7 Å². The number of ether oxygens (including phenoxy) is 9. The summed E-state index contributed by atoms with van der Waals surface area (Å²) in [6, 6.07) is 42.6. The van der Waals surface area contributed by atoms with Crippen LogP contribution in [0.15, 0.2) is 152 Å². The molecule has 3 saturated heterocycles. The molecule has 0 N–H and O–H groups in total. The lowest BCUT2D eigenvalue weighted by atomic mass is 9.96. The van der Waals surface area contributed by atoms with Gasteiger partial charge in [-0.05, 0) is 61.2 Å². The number of hydrogen-bond donors (Lipinski definition) is 0. The molecule has 13 nitrogen and oxygen atoms in total. The van der Waals surface area contributed by atoms with Gasteiger partial charge in [0.25, 0.3) is 0 Å². The number of carbonyl (C=O) groups excluding carboxylic acids is 4. The zero-order valence-electron chi connectivity index (χ0n) is 34.4. The maximum Gasteiger partial charge on any atom is 0.338 e. The Hall–Kier alpha value is -5.87. The summed E-state index contributed by atoms with van der Waals surface area (Å²) in [5, 5.41) is 0. The van der Waals surface area contributed by atoms with Gasteiger partial charge < -0.3 is 42.6 Å². The Balaban J connectivity index is 1.21. The third kappa shape index (κ3) is 10.3. The van der Waals surface area contributed by atoms with Crippen molar-refractivity contribution in [2.45, 2.75) is 80.7 Å². The lowest BCUT2D eigenvalue weighted by molar-refractivity contribution is -0.362. The quantitative estimate of drug-likeness (QED) is 0.0843. The number of carbonyl (C=O) groups is 4. The van der Waals surface area contributed by atoms with E-state index in [1.54, 1.807) is 128 Å². The van der Waals surface area contributed by atoms with Crippen LogP contribution in [0.2, 0.25) is 0 Å². The number of fused-ring (bicyclic) bond motifs is 1. The Morgan fingerprint density at radius 3 is 1.43 bits per heavy atom. The second kappa shape index (κ2) is 20.5. The van der Waals surface area contributed by atoms with E-state index in [2.05, 4.69) is 0 Å². The van der Waals surface area contributed by atoms with Gasteiger partial charge in [-0.25, -0.2) is 19.2 Å². The van der Waals surface area contributed by atoms with E-state index in [9.17, 15) is 19.2 Å². The van der Waals surface area contributed by atoms with Crippen LogP contribution < -0.4 is 0 Å². The maximum atomic E-state index is 14.1. The molecule has 3 aliphatic heterocycles. The minimum atomic E-state index is -1.58. The maximum absolute atomic E-state index is 14.1. The molecule has 0 aromatic heterocycles. The van der Waals surface area contributed by atoms with E-state index in [4.69, 9.17) is 42.6 Å². The van der Waals surface area contributed by atoms with Crippen LogP contribution in [0, 0.1) is 0 Å². The summed E-state index contributed by atoms with van der Waals surface area (Å²) in [6.07, 6.45) is -11.8. The molecule has 0 amide bonds. The highest BCUT2D eigenvalue weighted by atomic mass is 32.2. The van der Waals surface area contributed by atoms with Gasteiger partial charge in [0.15, 0.2) is 37.0 Å². The van der Waals surface area contributed by atoms with Gasteiger partial charge >= 0.3 is 23.9 Å². The van der Waals surface area contributed by atoms with Crippen LogP contribution in [0.1, 0.15) is 67.1 Å². The fraction of sp³-hybridized carbons (Fsp3) is 0.306. The van der Waals surface area contributed by atoms with Crippen molar-refractivity contribution in [3.8, 4) is 0 Å². The van der Waals surface area contributed by atoms with Gasteiger partial charge in [0.2, 0.25) is 0 Å². The Labute approximate surface area is 368 Å². The van der Waals surface area contributed by atoms with Crippen molar-refractivity contribution in [1.82, 2.24) is 0 Å². The average Bonchev–Trinajstić information content (AvgIpc) is 3.33. The lowest BCUT2D eigenvalue weighted by Crippen LogP contribution is -2.67. The summed E-state index contributed by atoms with van der Waals surface area (Å²) in [6.45, 7) is 3.66. The van der Waals surface area contributed by atoms with Gasteiger partial charge in [-0.2, -0.15) is 0 Å². The molecule has 0 aliphatic carbocycles. The van der Waals surface area contributed by atoms with Crippen molar-refractivity contribution < 1.29 is 61.8 Å². The highest BCUT2D eigenvalue weighted by molar-refractivity contribution is 7.99. The predicted molar refractivity (Wildman–Crippen MR) is 229 cm³/mol. The largest absolute Gasteiger partial charge is 0.452 e. The van der Waals surface area contributed by atoms with Crippen LogP contribution >= 0.6 is 11.8 Å². The topological polar surface area (TPSA) is 151 Å². The molecule has 3 fully saturated rings. The summed E-state index contributed by atoms with van der Waals surface area (Å²) >= 11 is 1.39. The second-order valence-corrected chi connectivity index (χ2v) is 16.3. The van der Waals surface area contributed by atoms with Gasteiger partial charge in [0, 0.05) is 5.56 Å². The fourth-order valence-electron chi connectivity index (χ4n) is 7.63. The Kier molecular flexibility index (Phi) is 14.3. The van der Waals surface area contributed by atoms with E-state index in [0.29, 0.717) is 11.3 Å². The number of thioether (sulfide) groups is 1. The molecule has 0 radical (unpaired) electrons. The van der Waals surface area contributed by atoms with Crippen LogP contribution in [0.5, 0.6) is 0 Å². The van der Waals surface area contributed by atoms with Crippen molar-refractivity contribution >= 4 is 35.6 Å². The Morgan fingerprint density at radius 2 is 0.952 bits per heavy atom. The van der Waals surface area contributed by atoms with E-state index in [-0.39, 0.29) is 23.3 Å². The van der Waals surface area contributed by atoms with Crippen molar-refractivity contribution in [2.24, 2.45) is 0 Å². The number of rotatable bonds is 13. The SMILES string of the molecule is CCS[C@@H]1O[C@@H]2CO[C@@H](c3ccccc3)O[C@H]2[C@H](O[C@@H]2O[C@@H](C)[C@H](OC(=O)c3ccccc3)[C@@H](OC(=O)c3ccccc3)[C@H]2OC(=O)c2ccccc2)[C@H]1OC(=O)c1ccccc1. The molecule has 326 valence electrons. The highest BCUT2D eigenvalue weighted by Gasteiger charge is 2.57. The molecule has 63 heavy (non-hydrogen) atoms. The lowest BCUT2D eigenvalue weighted by Gasteiger charge is -2.51. The monoisotopic (exact) mass is 874 g/mol. The second-order valence-electron chi connectivity index (χ2n) is 14.9. The summed E-state index contributed by atoms with van der Waals surface area (Å²) in [7, 11) is 0. The third-order valence-corrected chi connectivity index (χ3v) is 11.8. The summed E-state index contributed by atoms with van der Waals surface area (Å²) in [5.41, 5.74) is 0.839. The first-order chi connectivity index (χ1) is 30.8. The van der Waals surface area contributed by atoms with Gasteiger partial charge in [-0.3, -0.25) is 0 Å². The van der Waals surface area contributed by atoms with Crippen LogP contribution in [0.3, 0.4) is 0 Å². The standard InChI is InChI=1S/C49H46O13S/c1-3-63-49-42(60-46(53)34-25-15-7-16-26-34)40(38-36(56-49)29-54-47(61-38)35-27-17-8-18-28-35)62-48-41(59-45(52)33-23-13-6-14-24-33)39(58-44(51)32-21-11-5-12-22-32)37(30(2)55-48)57-43(50)31-19-9-4-10-20-31/h4-28,30,36-42,47-49H,3,29H2,1-2H3/t30-,36+,37-,38+,39+,40-,41+,42+,47+,48-,49-/m0/s1. The first-order valence-corrected chi connectivity index (χ1v) is 21.8. The molecule has 8 rings (SSSR count).